The predicted octanol–water partition coefficient (Wildman–Crippen LogP) is 5.25. The number of ether oxygens (including phenoxy) is 2. The van der Waals surface area contributed by atoms with Crippen LogP contribution in [0.2, 0.25) is 0 Å². The smallest absolute Gasteiger partial charge is 0.174 e. The summed E-state index contributed by atoms with van der Waals surface area (Å²) in [7, 11) is 0. The van der Waals surface area contributed by atoms with Crippen LogP contribution in [0.15, 0.2) is 22.8 Å². The zero-order valence-electron chi connectivity index (χ0n) is 18.4. The van der Waals surface area contributed by atoms with Gasteiger partial charge in [-0.1, -0.05) is 46.3 Å². The SMILES string of the molecule is CC1C[C@@]2(C)[C@@H](CCC23OCCO3)C2=C1C=C1[C@@H](C)[C@H](C)[C@@H](C)C[C@]1(O)CC2. The molecule has 0 amide bonds. The molecule has 3 nitrogen and oxygen atoms in total. The van der Waals surface area contributed by atoms with Gasteiger partial charge in [-0.25, -0.2) is 0 Å². The lowest BCUT2D eigenvalue weighted by molar-refractivity contribution is -0.228. The highest BCUT2D eigenvalue weighted by Gasteiger charge is 2.64. The van der Waals surface area contributed by atoms with Gasteiger partial charge < -0.3 is 14.6 Å². The average molecular weight is 387 g/mol. The van der Waals surface area contributed by atoms with Crippen LogP contribution in [0.25, 0.3) is 0 Å². The van der Waals surface area contributed by atoms with E-state index in [2.05, 4.69) is 40.7 Å². The molecule has 0 aromatic rings. The van der Waals surface area contributed by atoms with Crippen molar-refractivity contribution in [1.29, 1.82) is 0 Å². The lowest BCUT2D eigenvalue weighted by atomic mass is 9.61. The summed E-state index contributed by atoms with van der Waals surface area (Å²) in [5.41, 5.74) is 3.91. The average Bonchev–Trinajstić information content (AvgIpc) is 3.18. The molecule has 0 radical (unpaired) electrons. The maximum atomic E-state index is 11.7. The van der Waals surface area contributed by atoms with Crippen LogP contribution < -0.4 is 0 Å². The molecule has 28 heavy (non-hydrogen) atoms. The van der Waals surface area contributed by atoms with Crippen LogP contribution in [-0.2, 0) is 9.47 Å². The van der Waals surface area contributed by atoms with Gasteiger partial charge >= 0.3 is 0 Å². The second kappa shape index (κ2) is 6.18. The number of aliphatic hydroxyl groups is 1. The number of fused-ring (bicyclic) bond motifs is 4. The Bertz CT molecular complexity index is 730. The highest BCUT2D eigenvalue weighted by molar-refractivity contribution is 5.43. The molecule has 0 bridgehead atoms. The van der Waals surface area contributed by atoms with Gasteiger partial charge in [0.15, 0.2) is 5.79 Å². The molecule has 2 saturated carbocycles. The molecule has 7 atom stereocenters. The third-order valence-corrected chi connectivity index (χ3v) is 9.70. The van der Waals surface area contributed by atoms with Gasteiger partial charge in [0.05, 0.1) is 18.8 Å². The molecule has 0 aromatic heterocycles. The number of hydrogen-bond acceptors (Lipinski definition) is 3. The third kappa shape index (κ3) is 2.39. The molecule has 4 aliphatic carbocycles. The maximum Gasteiger partial charge on any atom is 0.174 e. The lowest BCUT2D eigenvalue weighted by Gasteiger charge is -2.48. The molecular formula is C25H38O3. The van der Waals surface area contributed by atoms with E-state index in [9.17, 15) is 5.11 Å². The predicted molar refractivity (Wildman–Crippen MR) is 111 cm³/mol. The number of rotatable bonds is 0. The molecule has 0 aromatic carbocycles. The van der Waals surface area contributed by atoms with E-state index in [0.717, 1.165) is 51.7 Å². The first-order valence-corrected chi connectivity index (χ1v) is 11.7. The van der Waals surface area contributed by atoms with Gasteiger partial charge in [-0.05, 0) is 72.8 Å². The Balaban J connectivity index is 1.58. The van der Waals surface area contributed by atoms with Crippen LogP contribution >= 0.6 is 0 Å². The standard InChI is InChI=1S/C25H38O3/c1-15-14-24(26)8-6-19-20(12-22(24)18(4)17(15)3)16(2)13-23(5)21(19)7-9-25(23)27-10-11-28-25/h12,15-18,21,26H,6-11,13-14H2,1-5H3/t15-,16?,17+,18-,21-,23-,24+/m0/s1. The summed E-state index contributed by atoms with van der Waals surface area (Å²) in [6.45, 7) is 13.3. The Kier molecular flexibility index (Phi) is 4.27. The first kappa shape index (κ1) is 19.3. The summed E-state index contributed by atoms with van der Waals surface area (Å²) in [5.74, 6) is 2.32. The summed E-state index contributed by atoms with van der Waals surface area (Å²) in [4.78, 5) is 0. The van der Waals surface area contributed by atoms with E-state index in [1.807, 2.05) is 0 Å². The van der Waals surface area contributed by atoms with Gasteiger partial charge in [0.25, 0.3) is 0 Å². The molecule has 1 unspecified atom stereocenters. The minimum absolute atomic E-state index is 0.0601. The summed E-state index contributed by atoms with van der Waals surface area (Å²) in [6.07, 6.45) is 8.58. The zero-order chi connectivity index (χ0) is 19.9. The first-order chi connectivity index (χ1) is 13.2. The van der Waals surface area contributed by atoms with Crippen molar-refractivity contribution < 1.29 is 14.6 Å². The van der Waals surface area contributed by atoms with Crippen LogP contribution in [0.4, 0.5) is 0 Å². The Hall–Kier alpha value is -0.640. The van der Waals surface area contributed by atoms with Crippen LogP contribution in [0, 0.1) is 35.0 Å². The first-order valence-electron chi connectivity index (χ1n) is 11.7. The Morgan fingerprint density at radius 1 is 1.04 bits per heavy atom. The zero-order valence-corrected chi connectivity index (χ0v) is 18.4. The fraction of sp³-hybridized carbons (Fsp3) is 0.840. The van der Waals surface area contributed by atoms with E-state index in [0.29, 0.717) is 29.6 Å². The minimum Gasteiger partial charge on any atom is -0.385 e. The quantitative estimate of drug-likeness (QED) is 0.618. The number of allylic oxidation sites excluding steroid dienone is 3. The largest absolute Gasteiger partial charge is 0.385 e. The van der Waals surface area contributed by atoms with Crippen LogP contribution in [0.5, 0.6) is 0 Å². The number of hydrogen-bond donors (Lipinski definition) is 1. The summed E-state index contributed by atoms with van der Waals surface area (Å²) < 4.78 is 12.6. The van der Waals surface area contributed by atoms with Gasteiger partial charge in [0.2, 0.25) is 0 Å². The summed E-state index contributed by atoms with van der Waals surface area (Å²) in [6, 6.07) is 0. The molecular weight excluding hydrogens is 348 g/mol. The van der Waals surface area contributed by atoms with Crippen molar-refractivity contribution in [2.45, 2.75) is 84.5 Å². The van der Waals surface area contributed by atoms with Gasteiger partial charge in [0.1, 0.15) is 0 Å². The van der Waals surface area contributed by atoms with E-state index < -0.39 is 5.60 Å². The molecule has 5 aliphatic rings. The van der Waals surface area contributed by atoms with E-state index in [1.54, 1.807) is 5.57 Å². The molecule has 1 spiro atoms. The molecule has 1 saturated heterocycles. The van der Waals surface area contributed by atoms with Gasteiger partial charge in [-0.15, -0.1) is 0 Å². The van der Waals surface area contributed by atoms with Gasteiger partial charge in [0, 0.05) is 11.8 Å². The Morgan fingerprint density at radius 3 is 2.46 bits per heavy atom. The third-order valence-electron chi connectivity index (χ3n) is 9.70. The Morgan fingerprint density at radius 2 is 1.75 bits per heavy atom. The highest BCUT2D eigenvalue weighted by Crippen LogP contribution is 2.65. The van der Waals surface area contributed by atoms with Crippen molar-refractivity contribution in [3.8, 4) is 0 Å². The van der Waals surface area contributed by atoms with Crippen molar-refractivity contribution in [1.82, 2.24) is 0 Å². The highest BCUT2D eigenvalue weighted by atomic mass is 16.7. The van der Waals surface area contributed by atoms with E-state index in [1.165, 1.54) is 11.1 Å². The monoisotopic (exact) mass is 386 g/mol. The van der Waals surface area contributed by atoms with Crippen molar-refractivity contribution in [3.05, 3.63) is 22.8 Å². The lowest BCUT2D eigenvalue weighted by Crippen LogP contribution is -2.49. The normalized spacial score (nSPS) is 50.1. The fourth-order valence-corrected chi connectivity index (χ4v) is 7.86. The van der Waals surface area contributed by atoms with Crippen LogP contribution in [0.1, 0.15) is 73.1 Å². The van der Waals surface area contributed by atoms with Crippen molar-refractivity contribution in [2.24, 2.45) is 35.0 Å². The summed E-state index contributed by atoms with van der Waals surface area (Å²) >= 11 is 0. The van der Waals surface area contributed by atoms with Gasteiger partial charge in [-0.3, -0.25) is 0 Å². The molecule has 3 heteroatoms. The van der Waals surface area contributed by atoms with E-state index in [-0.39, 0.29) is 11.2 Å². The molecule has 156 valence electrons. The van der Waals surface area contributed by atoms with E-state index >= 15 is 0 Å². The van der Waals surface area contributed by atoms with Crippen molar-refractivity contribution in [3.63, 3.8) is 0 Å². The van der Waals surface area contributed by atoms with Gasteiger partial charge in [-0.2, -0.15) is 0 Å². The van der Waals surface area contributed by atoms with Crippen molar-refractivity contribution >= 4 is 0 Å². The molecule has 5 rings (SSSR count). The maximum absolute atomic E-state index is 11.7. The molecule has 1 aliphatic heterocycles. The molecule has 3 fully saturated rings. The van der Waals surface area contributed by atoms with E-state index in [4.69, 9.17) is 9.47 Å². The molecule has 1 N–H and O–H groups in total. The second-order valence-corrected chi connectivity index (χ2v) is 11.0. The van der Waals surface area contributed by atoms with Crippen molar-refractivity contribution in [2.75, 3.05) is 13.2 Å². The summed E-state index contributed by atoms with van der Waals surface area (Å²) in [5, 5.41) is 11.7. The topological polar surface area (TPSA) is 38.7 Å². The Labute approximate surface area is 170 Å². The second-order valence-electron chi connectivity index (χ2n) is 11.0. The molecule has 1 heterocycles. The fourth-order valence-electron chi connectivity index (χ4n) is 7.86. The minimum atomic E-state index is -0.616. The van der Waals surface area contributed by atoms with Crippen LogP contribution in [-0.4, -0.2) is 29.7 Å². The van der Waals surface area contributed by atoms with Crippen LogP contribution in [0.3, 0.4) is 0 Å².